The molecular weight excluding hydrogens is 282 g/mol. The van der Waals surface area contributed by atoms with Crippen LogP contribution in [0.15, 0.2) is 39.8 Å². The molecule has 6 nitrogen and oxygen atoms in total. The summed E-state index contributed by atoms with van der Waals surface area (Å²) < 4.78 is 7.09. The van der Waals surface area contributed by atoms with E-state index in [9.17, 15) is 9.59 Å². The molecule has 0 aromatic carbocycles. The van der Waals surface area contributed by atoms with Crippen LogP contribution in [0.2, 0.25) is 0 Å². The molecule has 2 atom stereocenters. The van der Waals surface area contributed by atoms with E-state index in [2.05, 4.69) is 11.9 Å². The lowest BCUT2D eigenvalue weighted by molar-refractivity contribution is -0.131. The van der Waals surface area contributed by atoms with Gasteiger partial charge in [0.05, 0.1) is 6.54 Å². The third kappa shape index (κ3) is 3.10. The highest BCUT2D eigenvalue weighted by atomic mass is 16.3. The number of carbonyl (C=O) groups is 1. The molecule has 0 aliphatic heterocycles. The van der Waals surface area contributed by atoms with Crippen LogP contribution in [-0.4, -0.2) is 27.4 Å². The molecule has 0 spiro atoms. The molecule has 0 saturated heterocycles. The van der Waals surface area contributed by atoms with Gasteiger partial charge in [0.25, 0.3) is 0 Å². The fourth-order valence-corrected chi connectivity index (χ4v) is 2.49. The van der Waals surface area contributed by atoms with Crippen molar-refractivity contribution in [3.05, 3.63) is 52.6 Å². The number of likely N-dealkylation sites (N-methyl/N-ethyl adjacent to an activating group) is 1. The van der Waals surface area contributed by atoms with Gasteiger partial charge in [0.1, 0.15) is 18.1 Å². The quantitative estimate of drug-likeness (QED) is 0.841. The normalized spacial score (nSPS) is 19.9. The molecule has 22 heavy (non-hydrogen) atoms. The monoisotopic (exact) mass is 301 g/mol. The zero-order valence-electron chi connectivity index (χ0n) is 12.7. The molecule has 1 aliphatic rings. The van der Waals surface area contributed by atoms with E-state index in [-0.39, 0.29) is 12.5 Å². The van der Waals surface area contributed by atoms with Crippen LogP contribution in [0.4, 0.5) is 0 Å². The molecule has 0 N–H and O–H groups in total. The van der Waals surface area contributed by atoms with Crippen LogP contribution in [0.5, 0.6) is 0 Å². The lowest BCUT2D eigenvalue weighted by Gasteiger charge is -2.16. The maximum atomic E-state index is 12.2. The minimum Gasteiger partial charge on any atom is -0.464 e. The summed E-state index contributed by atoms with van der Waals surface area (Å²) in [6, 6.07) is 5.54. The van der Waals surface area contributed by atoms with Crippen molar-refractivity contribution in [3.8, 4) is 0 Å². The Balaban J connectivity index is 1.60. The maximum absolute atomic E-state index is 12.2. The Morgan fingerprint density at radius 2 is 2.27 bits per heavy atom. The fourth-order valence-electron chi connectivity index (χ4n) is 2.49. The summed E-state index contributed by atoms with van der Waals surface area (Å²) in [5.74, 6) is 2.84. The van der Waals surface area contributed by atoms with Crippen molar-refractivity contribution in [3.63, 3.8) is 0 Å². The van der Waals surface area contributed by atoms with Gasteiger partial charge in [-0.25, -0.2) is 9.78 Å². The minimum atomic E-state index is -0.424. The smallest absolute Gasteiger partial charge is 0.347 e. The van der Waals surface area contributed by atoms with Crippen molar-refractivity contribution < 1.29 is 9.21 Å². The first-order valence-corrected chi connectivity index (χ1v) is 7.38. The van der Waals surface area contributed by atoms with E-state index in [0.717, 1.165) is 11.5 Å². The van der Waals surface area contributed by atoms with Crippen LogP contribution < -0.4 is 5.69 Å². The van der Waals surface area contributed by atoms with Crippen LogP contribution in [0.1, 0.15) is 30.8 Å². The molecule has 0 bridgehead atoms. The number of rotatable bonds is 5. The summed E-state index contributed by atoms with van der Waals surface area (Å²) in [6.07, 6.45) is 4.14. The second kappa shape index (κ2) is 5.79. The van der Waals surface area contributed by atoms with E-state index in [1.165, 1.54) is 17.2 Å². The fraction of sp³-hybridized carbons (Fsp3) is 0.438. The number of hydrogen-bond donors (Lipinski definition) is 0. The number of nitrogens with zero attached hydrogens (tertiary/aromatic N) is 3. The Morgan fingerprint density at radius 1 is 1.50 bits per heavy atom. The lowest BCUT2D eigenvalue weighted by atomic mass is 10.3. The minimum absolute atomic E-state index is 0.0175. The van der Waals surface area contributed by atoms with Gasteiger partial charge >= 0.3 is 5.69 Å². The van der Waals surface area contributed by atoms with Gasteiger partial charge in [-0.2, -0.15) is 0 Å². The van der Waals surface area contributed by atoms with Gasteiger partial charge in [-0.1, -0.05) is 6.92 Å². The summed E-state index contributed by atoms with van der Waals surface area (Å²) in [4.78, 5) is 28.9. The zero-order valence-corrected chi connectivity index (χ0v) is 12.7. The molecule has 116 valence electrons. The van der Waals surface area contributed by atoms with Crippen molar-refractivity contribution in [2.75, 3.05) is 7.05 Å². The molecule has 0 radical (unpaired) electrons. The van der Waals surface area contributed by atoms with Crippen LogP contribution in [0, 0.1) is 5.92 Å². The van der Waals surface area contributed by atoms with E-state index < -0.39 is 5.69 Å². The van der Waals surface area contributed by atoms with Gasteiger partial charge in [0, 0.05) is 25.4 Å². The molecule has 0 unspecified atom stereocenters. The zero-order chi connectivity index (χ0) is 15.7. The molecule has 2 aromatic heterocycles. The first-order valence-electron chi connectivity index (χ1n) is 7.38. The highest BCUT2D eigenvalue weighted by Gasteiger charge is 2.36. The van der Waals surface area contributed by atoms with E-state index in [1.54, 1.807) is 24.2 Å². The van der Waals surface area contributed by atoms with Crippen molar-refractivity contribution in [1.82, 2.24) is 14.5 Å². The van der Waals surface area contributed by atoms with Crippen molar-refractivity contribution in [1.29, 1.82) is 0 Å². The standard InChI is InChI=1S/C16H19N3O3/c1-11-8-13(11)14-5-4-12(22-14)9-18(2)15(20)10-19-7-3-6-17-16(19)21/h3-7,11,13H,8-10H2,1-2H3/t11-,13+/m0/s1. The lowest BCUT2D eigenvalue weighted by Crippen LogP contribution is -2.33. The molecule has 6 heteroatoms. The van der Waals surface area contributed by atoms with E-state index >= 15 is 0 Å². The first-order chi connectivity index (χ1) is 10.5. The van der Waals surface area contributed by atoms with Gasteiger partial charge in [-0.05, 0) is 30.5 Å². The Bertz CT molecular complexity index is 734. The molecular formula is C16H19N3O3. The topological polar surface area (TPSA) is 68.3 Å². The summed E-state index contributed by atoms with van der Waals surface area (Å²) in [5.41, 5.74) is -0.424. The maximum Gasteiger partial charge on any atom is 0.347 e. The Kier molecular flexibility index (Phi) is 3.83. The van der Waals surface area contributed by atoms with E-state index in [1.807, 2.05) is 12.1 Å². The van der Waals surface area contributed by atoms with Gasteiger partial charge < -0.3 is 9.32 Å². The number of amides is 1. The predicted molar refractivity (Wildman–Crippen MR) is 80.2 cm³/mol. The van der Waals surface area contributed by atoms with Crippen molar-refractivity contribution in [2.24, 2.45) is 5.92 Å². The van der Waals surface area contributed by atoms with Gasteiger partial charge in [-0.15, -0.1) is 0 Å². The van der Waals surface area contributed by atoms with Crippen LogP contribution in [0.3, 0.4) is 0 Å². The molecule has 2 heterocycles. The average molecular weight is 301 g/mol. The van der Waals surface area contributed by atoms with E-state index in [0.29, 0.717) is 18.4 Å². The van der Waals surface area contributed by atoms with Gasteiger partial charge in [0.15, 0.2) is 0 Å². The number of carbonyl (C=O) groups excluding carboxylic acids is 1. The number of hydrogen-bond acceptors (Lipinski definition) is 4. The van der Waals surface area contributed by atoms with Crippen LogP contribution >= 0.6 is 0 Å². The molecule has 1 fully saturated rings. The van der Waals surface area contributed by atoms with Crippen molar-refractivity contribution >= 4 is 5.91 Å². The summed E-state index contributed by atoms with van der Waals surface area (Å²) in [6.45, 7) is 2.58. The van der Waals surface area contributed by atoms with Crippen LogP contribution in [-0.2, 0) is 17.9 Å². The second-order valence-corrected chi connectivity index (χ2v) is 5.90. The van der Waals surface area contributed by atoms with Crippen LogP contribution in [0.25, 0.3) is 0 Å². The summed E-state index contributed by atoms with van der Waals surface area (Å²) in [7, 11) is 1.70. The average Bonchev–Trinajstić information content (AvgIpc) is 3.04. The molecule has 1 saturated carbocycles. The van der Waals surface area contributed by atoms with E-state index in [4.69, 9.17) is 4.42 Å². The largest absolute Gasteiger partial charge is 0.464 e. The second-order valence-electron chi connectivity index (χ2n) is 5.90. The van der Waals surface area contributed by atoms with Gasteiger partial charge in [0.2, 0.25) is 5.91 Å². The molecule has 3 rings (SSSR count). The Morgan fingerprint density at radius 3 is 2.95 bits per heavy atom. The first kappa shape index (κ1) is 14.6. The molecule has 2 aromatic rings. The predicted octanol–water partition coefficient (Wildman–Crippen LogP) is 1.62. The third-order valence-corrected chi connectivity index (χ3v) is 4.06. The molecule has 1 amide bonds. The summed E-state index contributed by atoms with van der Waals surface area (Å²) >= 11 is 0. The highest BCUT2D eigenvalue weighted by molar-refractivity contribution is 5.75. The van der Waals surface area contributed by atoms with Crippen molar-refractivity contribution in [2.45, 2.75) is 32.4 Å². The molecule has 1 aliphatic carbocycles. The summed E-state index contributed by atoms with van der Waals surface area (Å²) in [5, 5.41) is 0. The van der Waals surface area contributed by atoms with Gasteiger partial charge in [-0.3, -0.25) is 9.36 Å². The Hall–Kier alpha value is -2.37. The third-order valence-electron chi connectivity index (χ3n) is 4.06. The SMILES string of the molecule is C[C@H]1C[C@H]1c1ccc(CN(C)C(=O)Cn2cccnc2=O)o1. The number of aromatic nitrogens is 2. The Labute approximate surface area is 128 Å². The number of furan rings is 1. The highest BCUT2D eigenvalue weighted by Crippen LogP contribution is 2.47.